The first-order chi connectivity index (χ1) is 13.1. The van der Waals surface area contributed by atoms with Crippen LogP contribution in [0.25, 0.3) is 10.9 Å². The summed E-state index contributed by atoms with van der Waals surface area (Å²) >= 11 is 0. The van der Waals surface area contributed by atoms with E-state index in [0.29, 0.717) is 17.8 Å². The van der Waals surface area contributed by atoms with Crippen LogP contribution in [0.5, 0.6) is 5.88 Å². The number of para-hydroxylation sites is 1. The van der Waals surface area contributed by atoms with Crippen LogP contribution in [0.15, 0.2) is 64.8 Å². The molecule has 1 atom stereocenters. The van der Waals surface area contributed by atoms with Crippen molar-refractivity contribution in [2.45, 2.75) is 38.8 Å². The number of unbranched alkanes of at least 4 members (excludes halogenated alkanes) is 1. The van der Waals surface area contributed by atoms with Crippen molar-refractivity contribution in [1.82, 2.24) is 4.57 Å². The molecule has 6 heteroatoms. The summed E-state index contributed by atoms with van der Waals surface area (Å²) in [5.74, 6) is -0.457. The number of azo groups is 1. The summed E-state index contributed by atoms with van der Waals surface area (Å²) in [5, 5.41) is 28.6. The summed E-state index contributed by atoms with van der Waals surface area (Å²) < 4.78 is 1.78. The number of aryl methyl sites for hydroxylation is 1. The van der Waals surface area contributed by atoms with E-state index in [1.807, 2.05) is 30.3 Å². The van der Waals surface area contributed by atoms with Gasteiger partial charge in [-0.25, -0.2) is 0 Å². The standard InChI is InChI=1S/C21H23N3O3/c1-15(25)9-7-8-14-24-18-13-6-5-12-17(18)19(21(24)27)22-23-20(26)16-10-3-2-4-11-16/h2-6,10-13,15,25,27H,7-9,14H2,1H3. The zero-order chi connectivity index (χ0) is 19.2. The third kappa shape index (κ3) is 4.41. The Kier molecular flexibility index (Phi) is 5.98. The quantitative estimate of drug-likeness (QED) is 0.465. The Bertz CT molecular complexity index is 946. The van der Waals surface area contributed by atoms with Gasteiger partial charge in [0.1, 0.15) is 0 Å². The lowest BCUT2D eigenvalue weighted by molar-refractivity contribution is 0.0995. The number of carbonyl (C=O) groups is 1. The molecule has 0 aliphatic carbocycles. The van der Waals surface area contributed by atoms with Gasteiger partial charge in [-0.1, -0.05) is 36.4 Å². The molecule has 1 aromatic heterocycles. The number of amides is 1. The Morgan fingerprint density at radius 3 is 2.52 bits per heavy atom. The van der Waals surface area contributed by atoms with Gasteiger partial charge < -0.3 is 14.8 Å². The molecule has 1 unspecified atom stereocenters. The van der Waals surface area contributed by atoms with Crippen molar-refractivity contribution >= 4 is 22.5 Å². The van der Waals surface area contributed by atoms with Crippen molar-refractivity contribution in [3.05, 3.63) is 60.2 Å². The zero-order valence-corrected chi connectivity index (χ0v) is 15.2. The van der Waals surface area contributed by atoms with Crippen LogP contribution >= 0.6 is 0 Å². The van der Waals surface area contributed by atoms with Crippen LogP contribution < -0.4 is 0 Å². The van der Waals surface area contributed by atoms with Gasteiger partial charge in [-0.2, -0.15) is 0 Å². The molecule has 0 aliphatic rings. The summed E-state index contributed by atoms with van der Waals surface area (Å²) in [6, 6.07) is 16.2. The number of nitrogens with zero attached hydrogens (tertiary/aromatic N) is 3. The van der Waals surface area contributed by atoms with Crippen molar-refractivity contribution in [2.24, 2.45) is 10.2 Å². The fourth-order valence-electron chi connectivity index (χ4n) is 3.04. The highest BCUT2D eigenvalue weighted by atomic mass is 16.3. The second-order valence-electron chi connectivity index (χ2n) is 6.56. The van der Waals surface area contributed by atoms with Crippen molar-refractivity contribution in [1.29, 1.82) is 0 Å². The molecule has 6 nitrogen and oxygen atoms in total. The maximum atomic E-state index is 12.2. The number of hydrogen-bond acceptors (Lipinski definition) is 4. The molecule has 0 saturated heterocycles. The third-order valence-electron chi connectivity index (χ3n) is 4.43. The molecular weight excluding hydrogens is 342 g/mol. The van der Waals surface area contributed by atoms with Gasteiger partial charge in [0.25, 0.3) is 5.91 Å². The van der Waals surface area contributed by atoms with E-state index in [1.54, 1.807) is 35.8 Å². The Morgan fingerprint density at radius 1 is 1.07 bits per heavy atom. The molecule has 140 valence electrons. The highest BCUT2D eigenvalue weighted by Crippen LogP contribution is 2.39. The van der Waals surface area contributed by atoms with Gasteiger partial charge >= 0.3 is 0 Å². The number of benzene rings is 2. The number of aliphatic hydroxyl groups excluding tert-OH is 1. The number of hydrogen-bond donors (Lipinski definition) is 2. The van der Waals surface area contributed by atoms with Crippen LogP contribution in [0.1, 0.15) is 36.5 Å². The molecule has 3 rings (SSSR count). The first-order valence-electron chi connectivity index (χ1n) is 9.07. The van der Waals surface area contributed by atoms with Crippen LogP contribution in [-0.4, -0.2) is 26.8 Å². The molecule has 1 amide bonds. The van der Waals surface area contributed by atoms with E-state index in [2.05, 4.69) is 10.2 Å². The predicted octanol–water partition coefficient (Wildman–Crippen LogP) is 4.82. The van der Waals surface area contributed by atoms with Gasteiger partial charge in [-0.05, 0) is 44.4 Å². The summed E-state index contributed by atoms with van der Waals surface area (Å²) in [5.41, 5.74) is 1.58. The Hall–Kier alpha value is -2.99. The van der Waals surface area contributed by atoms with E-state index in [-0.39, 0.29) is 12.0 Å². The molecule has 1 heterocycles. The highest BCUT2D eigenvalue weighted by Gasteiger charge is 2.16. The molecule has 0 spiro atoms. The highest BCUT2D eigenvalue weighted by molar-refractivity contribution is 5.97. The van der Waals surface area contributed by atoms with Gasteiger partial charge in [0.15, 0.2) is 5.69 Å². The van der Waals surface area contributed by atoms with Crippen LogP contribution in [0.2, 0.25) is 0 Å². The number of carbonyl (C=O) groups excluding carboxylic acids is 1. The Morgan fingerprint density at radius 2 is 1.78 bits per heavy atom. The summed E-state index contributed by atoms with van der Waals surface area (Å²) in [6.45, 7) is 2.37. The van der Waals surface area contributed by atoms with Gasteiger partial charge in [-0.15, -0.1) is 10.2 Å². The van der Waals surface area contributed by atoms with Crippen LogP contribution in [-0.2, 0) is 6.54 Å². The molecule has 0 fully saturated rings. The predicted molar refractivity (Wildman–Crippen MR) is 104 cm³/mol. The van der Waals surface area contributed by atoms with E-state index in [4.69, 9.17) is 0 Å². The maximum Gasteiger partial charge on any atom is 0.295 e. The minimum atomic E-state index is -0.455. The second kappa shape index (κ2) is 8.60. The van der Waals surface area contributed by atoms with Crippen LogP contribution in [0.4, 0.5) is 5.69 Å². The van der Waals surface area contributed by atoms with Crippen molar-refractivity contribution in [3.63, 3.8) is 0 Å². The summed E-state index contributed by atoms with van der Waals surface area (Å²) in [7, 11) is 0. The lowest BCUT2D eigenvalue weighted by Crippen LogP contribution is -2.01. The molecule has 0 aliphatic heterocycles. The Labute approximate surface area is 157 Å². The molecule has 0 saturated carbocycles. The molecule has 0 bridgehead atoms. The average Bonchev–Trinajstić information content (AvgIpc) is 2.95. The SMILES string of the molecule is CC(O)CCCCn1c(O)c(N=NC(=O)c2ccccc2)c2ccccc21. The molecule has 27 heavy (non-hydrogen) atoms. The van der Waals surface area contributed by atoms with Gasteiger partial charge in [0.05, 0.1) is 11.6 Å². The van der Waals surface area contributed by atoms with Crippen molar-refractivity contribution in [2.75, 3.05) is 0 Å². The van der Waals surface area contributed by atoms with Crippen LogP contribution in [0, 0.1) is 0 Å². The van der Waals surface area contributed by atoms with E-state index < -0.39 is 5.91 Å². The smallest absolute Gasteiger partial charge is 0.295 e. The molecule has 0 radical (unpaired) electrons. The maximum absolute atomic E-state index is 12.2. The van der Waals surface area contributed by atoms with E-state index in [0.717, 1.165) is 30.2 Å². The number of fused-ring (bicyclic) bond motifs is 1. The minimum Gasteiger partial charge on any atom is -0.493 e. The lowest BCUT2D eigenvalue weighted by Gasteiger charge is -2.07. The van der Waals surface area contributed by atoms with Gasteiger partial charge in [0.2, 0.25) is 5.88 Å². The lowest BCUT2D eigenvalue weighted by atomic mass is 10.2. The molecular formula is C21H23N3O3. The molecule has 2 aromatic carbocycles. The monoisotopic (exact) mass is 365 g/mol. The van der Waals surface area contributed by atoms with Crippen molar-refractivity contribution in [3.8, 4) is 5.88 Å². The fourth-order valence-corrected chi connectivity index (χ4v) is 3.04. The number of rotatable bonds is 7. The first-order valence-corrected chi connectivity index (χ1v) is 9.07. The van der Waals surface area contributed by atoms with Gasteiger partial charge in [-0.3, -0.25) is 4.79 Å². The van der Waals surface area contributed by atoms with E-state index in [1.165, 1.54) is 0 Å². The fraction of sp³-hybridized carbons (Fsp3) is 0.286. The third-order valence-corrected chi connectivity index (χ3v) is 4.43. The first kappa shape index (κ1) is 18.8. The topological polar surface area (TPSA) is 87.2 Å². The Balaban J connectivity index is 1.86. The van der Waals surface area contributed by atoms with E-state index in [9.17, 15) is 15.0 Å². The minimum absolute atomic E-state index is 0.00198. The van der Waals surface area contributed by atoms with Crippen molar-refractivity contribution < 1.29 is 15.0 Å². The number of aromatic hydroxyl groups is 1. The van der Waals surface area contributed by atoms with E-state index >= 15 is 0 Å². The number of aliphatic hydroxyl groups is 1. The normalized spacial score (nSPS) is 12.7. The summed E-state index contributed by atoms with van der Waals surface area (Å²) in [4.78, 5) is 12.2. The zero-order valence-electron chi connectivity index (χ0n) is 15.2. The summed E-state index contributed by atoms with van der Waals surface area (Å²) in [6.07, 6.45) is 2.07. The van der Waals surface area contributed by atoms with Gasteiger partial charge in [0, 0.05) is 17.5 Å². The number of aromatic nitrogens is 1. The molecule has 2 N–H and O–H groups in total. The second-order valence-corrected chi connectivity index (χ2v) is 6.56. The van der Waals surface area contributed by atoms with Crippen LogP contribution in [0.3, 0.4) is 0 Å². The largest absolute Gasteiger partial charge is 0.493 e. The molecule has 3 aromatic rings. The average molecular weight is 365 g/mol.